The fraction of sp³-hybridized carbons (Fsp3) is 0.647. The van der Waals surface area contributed by atoms with E-state index in [0.29, 0.717) is 5.92 Å². The van der Waals surface area contributed by atoms with Gasteiger partial charge in [0.25, 0.3) is 0 Å². The van der Waals surface area contributed by atoms with Gasteiger partial charge in [0.1, 0.15) is 0 Å². The predicted molar refractivity (Wildman–Crippen MR) is 80.4 cm³/mol. The first-order valence-corrected chi connectivity index (χ1v) is 7.71. The minimum absolute atomic E-state index is 0.147. The molecule has 1 aromatic carbocycles. The van der Waals surface area contributed by atoms with Crippen LogP contribution in [0.1, 0.15) is 37.8 Å². The molecule has 0 aliphatic heterocycles. The molecule has 1 aliphatic carbocycles. The summed E-state index contributed by atoms with van der Waals surface area (Å²) in [6, 6.07) is 8.57. The first-order valence-electron chi connectivity index (χ1n) is 7.71. The molecular formula is C17H27NO. The smallest absolute Gasteiger partial charge is 0.0611 e. The van der Waals surface area contributed by atoms with Gasteiger partial charge in [0.2, 0.25) is 0 Å². The van der Waals surface area contributed by atoms with Crippen LogP contribution in [0, 0.1) is 5.92 Å². The van der Waals surface area contributed by atoms with Crippen LogP contribution in [0.25, 0.3) is 0 Å². The average molecular weight is 261 g/mol. The Labute approximate surface area is 117 Å². The number of aliphatic hydroxyl groups is 1. The zero-order valence-corrected chi connectivity index (χ0v) is 12.3. The summed E-state index contributed by atoms with van der Waals surface area (Å²) < 4.78 is 0. The maximum atomic E-state index is 10.3. The number of aliphatic hydroxyl groups excluding tert-OH is 1. The summed E-state index contributed by atoms with van der Waals surface area (Å²) in [6.45, 7) is 7.86. The molecule has 0 saturated heterocycles. The number of hydrogen-bond donors (Lipinski definition) is 1. The average Bonchev–Trinajstić information content (AvgIpc) is 2.44. The molecule has 1 aromatic rings. The van der Waals surface area contributed by atoms with Crippen LogP contribution in [0.2, 0.25) is 0 Å². The minimum atomic E-state index is -0.147. The van der Waals surface area contributed by atoms with E-state index < -0.39 is 0 Å². The lowest BCUT2D eigenvalue weighted by Gasteiger charge is -2.30. The van der Waals surface area contributed by atoms with Gasteiger partial charge in [-0.2, -0.15) is 0 Å². The second-order valence-corrected chi connectivity index (χ2v) is 5.67. The summed E-state index contributed by atoms with van der Waals surface area (Å²) in [5.74, 6) is 0.450. The van der Waals surface area contributed by atoms with Crippen molar-refractivity contribution in [2.45, 2.75) is 45.6 Å². The Bertz CT molecular complexity index is 387. The zero-order chi connectivity index (χ0) is 13.7. The van der Waals surface area contributed by atoms with Crippen LogP contribution in [0.5, 0.6) is 0 Å². The largest absolute Gasteiger partial charge is 0.392 e. The van der Waals surface area contributed by atoms with Crippen molar-refractivity contribution in [3.63, 3.8) is 0 Å². The summed E-state index contributed by atoms with van der Waals surface area (Å²) in [4.78, 5) is 2.46. The Balaban J connectivity index is 1.85. The first kappa shape index (κ1) is 14.5. The van der Waals surface area contributed by atoms with E-state index in [1.807, 2.05) is 0 Å². The highest BCUT2D eigenvalue weighted by atomic mass is 16.3. The van der Waals surface area contributed by atoms with Gasteiger partial charge >= 0.3 is 0 Å². The molecule has 0 spiro atoms. The Morgan fingerprint density at radius 2 is 1.74 bits per heavy atom. The summed E-state index contributed by atoms with van der Waals surface area (Å²) in [6.07, 6.45) is 4.09. The van der Waals surface area contributed by atoms with Crippen molar-refractivity contribution in [3.8, 4) is 0 Å². The number of hydrogen-bond acceptors (Lipinski definition) is 2. The van der Waals surface area contributed by atoms with E-state index in [4.69, 9.17) is 0 Å². The zero-order valence-electron chi connectivity index (χ0n) is 12.3. The second-order valence-electron chi connectivity index (χ2n) is 5.67. The Morgan fingerprint density at radius 1 is 1.11 bits per heavy atom. The van der Waals surface area contributed by atoms with Crippen molar-refractivity contribution in [3.05, 3.63) is 35.4 Å². The number of rotatable bonds is 6. The van der Waals surface area contributed by atoms with Crippen LogP contribution < -0.4 is 0 Å². The van der Waals surface area contributed by atoms with Crippen molar-refractivity contribution in [1.29, 1.82) is 0 Å². The van der Waals surface area contributed by atoms with Crippen LogP contribution in [-0.2, 0) is 12.8 Å². The highest BCUT2D eigenvalue weighted by Crippen LogP contribution is 2.28. The Hall–Kier alpha value is -0.860. The van der Waals surface area contributed by atoms with Gasteiger partial charge < -0.3 is 10.0 Å². The molecule has 1 aliphatic rings. The molecule has 2 rings (SSSR count). The summed E-state index contributed by atoms with van der Waals surface area (Å²) in [5, 5.41) is 10.3. The quantitative estimate of drug-likeness (QED) is 0.851. The molecule has 0 fully saturated rings. The SMILES string of the molecule is CCN(CC)CCC[C@H]1Cc2ccccc2C[C@@H]1O. The minimum Gasteiger partial charge on any atom is -0.392 e. The first-order chi connectivity index (χ1) is 9.24. The third kappa shape index (κ3) is 3.80. The summed E-state index contributed by atoms with van der Waals surface area (Å²) in [7, 11) is 0. The Morgan fingerprint density at radius 3 is 2.37 bits per heavy atom. The van der Waals surface area contributed by atoms with E-state index in [1.54, 1.807) is 0 Å². The monoisotopic (exact) mass is 261 g/mol. The van der Waals surface area contributed by atoms with Crippen LogP contribution in [-0.4, -0.2) is 35.7 Å². The van der Waals surface area contributed by atoms with Gasteiger partial charge in [0.05, 0.1) is 6.10 Å². The number of nitrogens with zero attached hydrogens (tertiary/aromatic N) is 1. The molecule has 0 unspecified atom stereocenters. The van der Waals surface area contributed by atoms with Gasteiger partial charge in [-0.15, -0.1) is 0 Å². The van der Waals surface area contributed by atoms with Crippen molar-refractivity contribution in [2.75, 3.05) is 19.6 Å². The molecule has 2 atom stereocenters. The molecule has 0 aromatic heterocycles. The maximum absolute atomic E-state index is 10.3. The third-order valence-electron chi connectivity index (χ3n) is 4.52. The van der Waals surface area contributed by atoms with Crippen molar-refractivity contribution in [2.24, 2.45) is 5.92 Å². The molecule has 2 heteroatoms. The van der Waals surface area contributed by atoms with Gasteiger partial charge in [-0.05, 0) is 62.4 Å². The van der Waals surface area contributed by atoms with Gasteiger partial charge in [0, 0.05) is 0 Å². The summed E-state index contributed by atoms with van der Waals surface area (Å²) in [5.41, 5.74) is 2.79. The highest BCUT2D eigenvalue weighted by Gasteiger charge is 2.26. The third-order valence-corrected chi connectivity index (χ3v) is 4.52. The molecule has 1 N–H and O–H groups in total. The van der Waals surface area contributed by atoms with E-state index in [2.05, 4.69) is 43.0 Å². The normalized spacial score (nSPS) is 22.5. The molecule has 0 radical (unpaired) electrons. The van der Waals surface area contributed by atoms with Gasteiger partial charge in [-0.3, -0.25) is 0 Å². The van der Waals surface area contributed by atoms with Crippen molar-refractivity contribution >= 4 is 0 Å². The van der Waals surface area contributed by atoms with E-state index in [1.165, 1.54) is 17.5 Å². The van der Waals surface area contributed by atoms with Gasteiger partial charge in [-0.1, -0.05) is 38.1 Å². The fourth-order valence-electron chi connectivity index (χ4n) is 3.18. The van der Waals surface area contributed by atoms with Crippen LogP contribution in [0.15, 0.2) is 24.3 Å². The topological polar surface area (TPSA) is 23.5 Å². The van der Waals surface area contributed by atoms with E-state index in [0.717, 1.165) is 38.9 Å². The van der Waals surface area contributed by atoms with Gasteiger partial charge in [0.15, 0.2) is 0 Å². The predicted octanol–water partition coefficient (Wildman–Crippen LogP) is 2.88. The fourth-order valence-corrected chi connectivity index (χ4v) is 3.18. The molecule has 0 bridgehead atoms. The lowest BCUT2D eigenvalue weighted by molar-refractivity contribution is 0.0912. The Kier molecular flexibility index (Phi) is 5.41. The van der Waals surface area contributed by atoms with E-state index in [9.17, 15) is 5.11 Å². The molecule has 0 amide bonds. The van der Waals surface area contributed by atoms with Gasteiger partial charge in [-0.25, -0.2) is 0 Å². The lowest BCUT2D eigenvalue weighted by atomic mass is 9.79. The van der Waals surface area contributed by atoms with Crippen LogP contribution in [0.4, 0.5) is 0 Å². The van der Waals surface area contributed by atoms with Crippen LogP contribution in [0.3, 0.4) is 0 Å². The summed E-state index contributed by atoms with van der Waals surface area (Å²) >= 11 is 0. The molecule has 0 saturated carbocycles. The van der Waals surface area contributed by atoms with Crippen molar-refractivity contribution in [1.82, 2.24) is 4.90 Å². The lowest BCUT2D eigenvalue weighted by Crippen LogP contribution is -2.31. The van der Waals surface area contributed by atoms with Crippen LogP contribution >= 0.6 is 0 Å². The molecule has 0 heterocycles. The highest BCUT2D eigenvalue weighted by molar-refractivity contribution is 5.30. The number of benzene rings is 1. The molecule has 19 heavy (non-hydrogen) atoms. The maximum Gasteiger partial charge on any atom is 0.0611 e. The number of fused-ring (bicyclic) bond motifs is 1. The van der Waals surface area contributed by atoms with E-state index >= 15 is 0 Å². The van der Waals surface area contributed by atoms with E-state index in [-0.39, 0.29) is 6.10 Å². The molecular weight excluding hydrogens is 234 g/mol. The molecule has 106 valence electrons. The second kappa shape index (κ2) is 7.06. The molecule has 2 nitrogen and oxygen atoms in total. The standard InChI is InChI=1S/C17H27NO/c1-3-18(4-2)11-7-10-16-12-14-8-5-6-9-15(14)13-17(16)19/h5-6,8-9,16-17,19H,3-4,7,10-13H2,1-2H3/t16-,17-/m0/s1. The van der Waals surface area contributed by atoms with Crippen molar-refractivity contribution < 1.29 is 5.11 Å².